The molecule has 0 radical (unpaired) electrons. The number of hydrogen-bond donors (Lipinski definition) is 1. The van der Waals surface area contributed by atoms with Crippen LogP contribution in [0.5, 0.6) is 0 Å². The zero-order valence-corrected chi connectivity index (χ0v) is 12.9. The molecule has 0 fully saturated rings. The van der Waals surface area contributed by atoms with Gasteiger partial charge in [-0.25, -0.2) is 4.98 Å². The van der Waals surface area contributed by atoms with Gasteiger partial charge in [0.25, 0.3) is 0 Å². The van der Waals surface area contributed by atoms with Crippen LogP contribution >= 0.6 is 0 Å². The van der Waals surface area contributed by atoms with Crippen LogP contribution in [0.4, 0.5) is 0 Å². The first-order valence-electron chi connectivity index (χ1n) is 6.99. The van der Waals surface area contributed by atoms with Gasteiger partial charge in [-0.2, -0.15) is 0 Å². The van der Waals surface area contributed by atoms with Crippen LogP contribution in [-0.4, -0.2) is 15.6 Å². The van der Waals surface area contributed by atoms with E-state index in [1.54, 1.807) is 0 Å². The second kappa shape index (κ2) is 4.97. The Bertz CT molecular complexity index is 573. The highest BCUT2D eigenvalue weighted by Crippen LogP contribution is 2.30. The van der Waals surface area contributed by atoms with Crippen molar-refractivity contribution in [1.82, 2.24) is 14.9 Å². The molecule has 0 atom stereocenters. The Balaban J connectivity index is 2.52. The van der Waals surface area contributed by atoms with Gasteiger partial charge < -0.3 is 9.88 Å². The Labute approximate surface area is 116 Å². The second-order valence-electron chi connectivity index (χ2n) is 6.55. The number of para-hydroxylation sites is 1. The molecule has 0 spiro atoms. The van der Waals surface area contributed by atoms with Crippen molar-refractivity contribution in [1.29, 1.82) is 0 Å². The van der Waals surface area contributed by atoms with E-state index in [1.165, 1.54) is 11.1 Å². The summed E-state index contributed by atoms with van der Waals surface area (Å²) in [6.45, 7) is 11.9. The molecule has 0 aliphatic heterocycles. The van der Waals surface area contributed by atoms with Crippen LogP contribution in [-0.2, 0) is 19.0 Å². The lowest BCUT2D eigenvalue weighted by atomic mass is 9.86. The summed E-state index contributed by atoms with van der Waals surface area (Å²) in [5, 5.41) is 3.44. The van der Waals surface area contributed by atoms with E-state index in [0.717, 1.165) is 17.9 Å². The highest BCUT2D eigenvalue weighted by atomic mass is 15.1. The van der Waals surface area contributed by atoms with Crippen molar-refractivity contribution in [3.63, 3.8) is 0 Å². The Morgan fingerprint density at radius 3 is 2.53 bits per heavy atom. The molecule has 1 aromatic heterocycles. The van der Waals surface area contributed by atoms with E-state index in [1.807, 2.05) is 0 Å². The van der Waals surface area contributed by atoms with Crippen molar-refractivity contribution in [2.45, 2.75) is 52.6 Å². The van der Waals surface area contributed by atoms with Crippen molar-refractivity contribution < 1.29 is 0 Å². The first-order chi connectivity index (χ1) is 8.80. The fraction of sp³-hybridized carbons (Fsp3) is 0.562. The third-order valence-electron chi connectivity index (χ3n) is 3.46. The van der Waals surface area contributed by atoms with E-state index in [9.17, 15) is 0 Å². The summed E-state index contributed by atoms with van der Waals surface area (Å²) in [5.74, 6) is 1.10. The van der Waals surface area contributed by atoms with Crippen molar-refractivity contribution in [2.75, 3.05) is 0 Å². The molecule has 0 aliphatic carbocycles. The summed E-state index contributed by atoms with van der Waals surface area (Å²) in [7, 11) is 2.11. The molecule has 0 unspecified atom stereocenters. The Hall–Kier alpha value is -1.35. The van der Waals surface area contributed by atoms with Gasteiger partial charge in [0, 0.05) is 13.1 Å². The first-order valence-corrected chi connectivity index (χ1v) is 6.99. The highest BCUT2D eigenvalue weighted by molar-refractivity contribution is 5.80. The maximum atomic E-state index is 4.76. The van der Waals surface area contributed by atoms with Gasteiger partial charge in [0.2, 0.25) is 0 Å². The lowest BCUT2D eigenvalue weighted by Gasteiger charge is -2.20. The quantitative estimate of drug-likeness (QED) is 0.916. The molecule has 0 saturated heterocycles. The molecule has 0 bridgehead atoms. The molecule has 19 heavy (non-hydrogen) atoms. The lowest BCUT2D eigenvalue weighted by molar-refractivity contribution is 0.561. The number of hydrogen-bond acceptors (Lipinski definition) is 2. The molecule has 3 nitrogen and oxygen atoms in total. The molecule has 0 aliphatic rings. The van der Waals surface area contributed by atoms with Crippen LogP contribution in [0.1, 0.15) is 46.0 Å². The summed E-state index contributed by atoms with van der Waals surface area (Å²) >= 11 is 0. The van der Waals surface area contributed by atoms with E-state index in [0.29, 0.717) is 6.04 Å². The summed E-state index contributed by atoms with van der Waals surface area (Å²) in [6, 6.07) is 6.89. The lowest BCUT2D eigenvalue weighted by Crippen LogP contribution is -2.23. The number of aryl methyl sites for hydroxylation is 1. The van der Waals surface area contributed by atoms with Crippen LogP contribution < -0.4 is 5.32 Å². The minimum atomic E-state index is 0.135. The minimum absolute atomic E-state index is 0.135. The Morgan fingerprint density at radius 2 is 1.95 bits per heavy atom. The van der Waals surface area contributed by atoms with E-state index >= 15 is 0 Å². The third-order valence-corrected chi connectivity index (χ3v) is 3.46. The first kappa shape index (κ1) is 14.1. The molecular weight excluding hydrogens is 234 g/mol. The van der Waals surface area contributed by atoms with E-state index < -0.39 is 0 Å². The van der Waals surface area contributed by atoms with Gasteiger partial charge in [-0.1, -0.05) is 46.8 Å². The summed E-state index contributed by atoms with van der Waals surface area (Å²) in [6.07, 6.45) is 0. The molecule has 1 aromatic carbocycles. The van der Waals surface area contributed by atoms with Gasteiger partial charge in [-0.15, -0.1) is 0 Å². The molecule has 0 saturated carbocycles. The van der Waals surface area contributed by atoms with Gasteiger partial charge in [0.05, 0.1) is 17.6 Å². The number of rotatable bonds is 3. The van der Waals surface area contributed by atoms with Crippen LogP contribution in [0, 0.1) is 0 Å². The van der Waals surface area contributed by atoms with Crippen molar-refractivity contribution >= 4 is 11.0 Å². The normalized spacial score (nSPS) is 12.6. The minimum Gasteiger partial charge on any atom is -0.330 e. The average Bonchev–Trinajstić information content (AvgIpc) is 2.62. The number of fused-ring (bicyclic) bond motifs is 1. The number of aromatic nitrogens is 2. The molecule has 3 heteroatoms. The van der Waals surface area contributed by atoms with Gasteiger partial charge >= 0.3 is 0 Å². The van der Waals surface area contributed by atoms with Crippen molar-refractivity contribution in [2.24, 2.45) is 7.05 Å². The van der Waals surface area contributed by atoms with Crippen LogP contribution in [0.2, 0.25) is 0 Å². The standard InChI is InChI=1S/C16H25N3/c1-11(2)17-10-14-18-13-9-7-8-12(16(3,4)5)15(13)19(14)6/h7-9,11,17H,10H2,1-6H3. The maximum absolute atomic E-state index is 4.76. The number of imidazole rings is 1. The van der Waals surface area contributed by atoms with Gasteiger partial charge in [-0.05, 0) is 17.0 Å². The van der Waals surface area contributed by atoms with Crippen molar-refractivity contribution in [3.05, 3.63) is 29.6 Å². The molecule has 1 N–H and O–H groups in total. The van der Waals surface area contributed by atoms with Gasteiger partial charge in [0.15, 0.2) is 0 Å². The topological polar surface area (TPSA) is 29.9 Å². The number of nitrogens with one attached hydrogen (secondary N) is 1. The molecule has 1 heterocycles. The average molecular weight is 259 g/mol. The summed E-state index contributed by atoms with van der Waals surface area (Å²) in [5.41, 5.74) is 3.85. The Morgan fingerprint density at radius 1 is 1.26 bits per heavy atom. The zero-order valence-electron chi connectivity index (χ0n) is 12.9. The summed E-state index contributed by atoms with van der Waals surface area (Å²) < 4.78 is 2.23. The van der Waals surface area contributed by atoms with E-state index in [4.69, 9.17) is 4.98 Å². The van der Waals surface area contributed by atoms with Crippen molar-refractivity contribution in [3.8, 4) is 0 Å². The smallest absolute Gasteiger partial charge is 0.123 e. The molecule has 104 valence electrons. The fourth-order valence-electron chi connectivity index (χ4n) is 2.38. The van der Waals surface area contributed by atoms with E-state index in [2.05, 4.69) is 69.7 Å². The SMILES string of the molecule is CC(C)NCc1nc2cccc(C(C)(C)C)c2n1C. The third kappa shape index (κ3) is 2.81. The molecule has 2 rings (SSSR count). The maximum Gasteiger partial charge on any atom is 0.123 e. The molecular formula is C16H25N3. The molecule has 2 aromatic rings. The second-order valence-corrected chi connectivity index (χ2v) is 6.55. The summed E-state index contributed by atoms with van der Waals surface area (Å²) in [4.78, 5) is 4.76. The number of benzene rings is 1. The monoisotopic (exact) mass is 259 g/mol. The predicted octanol–water partition coefficient (Wildman–Crippen LogP) is 3.37. The van der Waals surface area contributed by atoms with Crippen LogP contribution in [0.25, 0.3) is 11.0 Å². The van der Waals surface area contributed by atoms with E-state index in [-0.39, 0.29) is 5.41 Å². The zero-order chi connectivity index (χ0) is 14.2. The Kier molecular flexibility index (Phi) is 3.68. The molecule has 0 amide bonds. The highest BCUT2D eigenvalue weighted by Gasteiger charge is 2.20. The van der Waals surface area contributed by atoms with Gasteiger partial charge in [0.1, 0.15) is 5.82 Å². The fourth-order valence-corrected chi connectivity index (χ4v) is 2.38. The van der Waals surface area contributed by atoms with Gasteiger partial charge in [-0.3, -0.25) is 0 Å². The number of nitrogens with zero attached hydrogens (tertiary/aromatic N) is 2. The predicted molar refractivity (Wildman–Crippen MR) is 81.4 cm³/mol. The largest absolute Gasteiger partial charge is 0.330 e. The van der Waals surface area contributed by atoms with Crippen LogP contribution in [0.3, 0.4) is 0 Å². The van der Waals surface area contributed by atoms with Crippen LogP contribution in [0.15, 0.2) is 18.2 Å².